The molecule has 16 rings (SSSR count). The molecule has 0 amide bonds. The fourth-order valence-electron chi connectivity index (χ4n) is 12.0. The lowest BCUT2D eigenvalue weighted by Gasteiger charge is -2.25. The molecule has 0 radical (unpaired) electrons. The van der Waals surface area contributed by atoms with Crippen molar-refractivity contribution < 1.29 is 32.1 Å². The van der Waals surface area contributed by atoms with Gasteiger partial charge in [-0.2, -0.15) is 10.2 Å². The van der Waals surface area contributed by atoms with Gasteiger partial charge < -0.3 is 34.9 Å². The van der Waals surface area contributed by atoms with Gasteiger partial charge in [-0.05, 0) is 84.0 Å². The summed E-state index contributed by atoms with van der Waals surface area (Å²) >= 11 is 0. The molecule has 0 saturated carbocycles. The van der Waals surface area contributed by atoms with Crippen LogP contribution in [0.1, 0.15) is 73.6 Å². The fourth-order valence-corrected chi connectivity index (χ4v) is 12.0. The monoisotopic (exact) mass is 1200 g/mol. The fraction of sp³-hybridized carbons (Fsp3) is 0.277. The molecule has 21 nitrogen and oxygen atoms in total. The number of nitrogens with zero attached hydrogens (tertiary/aromatic N) is 13. The maximum Gasteiger partial charge on any atom is 0.208 e. The Hall–Kier alpha value is -10.4. The predicted molar refractivity (Wildman–Crippen MR) is 328 cm³/mol. The summed E-state index contributed by atoms with van der Waals surface area (Å²) in [5.74, 6) is 3.42. The van der Waals surface area contributed by atoms with E-state index in [9.17, 15) is 13.2 Å². The molecule has 4 N–H and O–H groups in total. The minimum Gasteiger partial charge on any atom is -0.493 e. The molecule has 89 heavy (non-hydrogen) atoms. The van der Waals surface area contributed by atoms with Crippen molar-refractivity contribution in [1.82, 2.24) is 68.1 Å². The van der Waals surface area contributed by atoms with Crippen LogP contribution in [0.15, 0.2) is 104 Å². The van der Waals surface area contributed by atoms with Crippen molar-refractivity contribution >= 4 is 34.8 Å². The first-order valence-corrected chi connectivity index (χ1v) is 29.4. The highest BCUT2D eigenvalue weighted by molar-refractivity contribution is 5.82. The number of aromatic amines is 1. The van der Waals surface area contributed by atoms with Gasteiger partial charge in [0.2, 0.25) is 17.8 Å². The number of fused-ring (bicyclic) bond motifs is 6. The van der Waals surface area contributed by atoms with E-state index in [2.05, 4.69) is 61.2 Å². The summed E-state index contributed by atoms with van der Waals surface area (Å²) in [5, 5.41) is 21.6. The topological polar surface area (TPSA) is 223 Å². The van der Waals surface area contributed by atoms with Gasteiger partial charge in [0.25, 0.3) is 0 Å². The first kappa shape index (κ1) is 56.4. The van der Waals surface area contributed by atoms with E-state index in [-0.39, 0.29) is 23.5 Å². The molecule has 452 valence electrons. The number of nitrogens with one attached hydrogen (secondary N) is 4. The van der Waals surface area contributed by atoms with E-state index in [4.69, 9.17) is 23.9 Å². The molecule has 0 spiro atoms. The first-order valence-electron chi connectivity index (χ1n) is 29.4. The highest BCUT2D eigenvalue weighted by Crippen LogP contribution is 2.36. The van der Waals surface area contributed by atoms with Crippen LogP contribution in [-0.2, 0) is 43.6 Å². The van der Waals surface area contributed by atoms with Crippen molar-refractivity contribution in [3.8, 4) is 50.6 Å². The lowest BCUT2D eigenvalue weighted by molar-refractivity contribution is -0.0286. The Labute approximate surface area is 508 Å². The zero-order chi connectivity index (χ0) is 61.0. The minimum absolute atomic E-state index is 0.234. The molecule has 13 heterocycles. The second-order valence-electron chi connectivity index (χ2n) is 22.4. The lowest BCUT2D eigenvalue weighted by Crippen LogP contribution is -2.30. The average Bonchev–Trinajstić information content (AvgIpc) is 1.83. The number of rotatable bonds is 13. The molecule has 0 atom stereocenters. The summed E-state index contributed by atoms with van der Waals surface area (Å²) < 4.78 is 73.0. The summed E-state index contributed by atoms with van der Waals surface area (Å²) in [5.41, 5.74) is 18.1. The van der Waals surface area contributed by atoms with Crippen LogP contribution < -0.4 is 30.2 Å². The van der Waals surface area contributed by atoms with Gasteiger partial charge in [0, 0.05) is 167 Å². The molecule has 12 aromatic rings. The van der Waals surface area contributed by atoms with Crippen molar-refractivity contribution in [3.63, 3.8) is 0 Å². The van der Waals surface area contributed by atoms with Crippen LogP contribution in [-0.4, -0.2) is 101 Å². The maximum atomic E-state index is 14.5. The van der Waals surface area contributed by atoms with Gasteiger partial charge in [0.1, 0.15) is 51.6 Å². The number of imidazole rings is 3. The third kappa shape index (κ3) is 10.7. The molecule has 1 saturated heterocycles. The van der Waals surface area contributed by atoms with Crippen LogP contribution in [0.2, 0.25) is 0 Å². The van der Waals surface area contributed by atoms with Gasteiger partial charge in [-0.1, -0.05) is 6.07 Å². The zero-order valence-corrected chi connectivity index (χ0v) is 49.8. The van der Waals surface area contributed by atoms with Crippen LogP contribution in [0.4, 0.5) is 31.0 Å². The smallest absolute Gasteiger partial charge is 0.208 e. The molecule has 0 unspecified atom stereocenters. The number of benzene rings is 3. The third-order valence-corrected chi connectivity index (χ3v) is 16.5. The summed E-state index contributed by atoms with van der Waals surface area (Å²) in [6.45, 7) is 15.8. The SMILES string of the molecule is Cc1cn2c(NCc3c(F)ccc4c3CCO4)ncc(-c3c(C)n[nH]c3C)c2n1.Cc1cn2c(NCc3c(F)ccc4c3CCO4)ncc(-c3cccnc3C)c2n1.Cc1cn2c(NCc3c(F)ccc4c3CCO4)ncc(-c3cnn(C4COC4)c3)c2n1. The van der Waals surface area contributed by atoms with E-state index < -0.39 is 0 Å². The van der Waals surface area contributed by atoms with Gasteiger partial charge in [-0.15, -0.1) is 0 Å². The van der Waals surface area contributed by atoms with Crippen LogP contribution >= 0.6 is 0 Å². The van der Waals surface area contributed by atoms with Gasteiger partial charge in [-0.25, -0.2) is 43.1 Å². The number of aryl methyl sites for hydroxylation is 6. The van der Waals surface area contributed by atoms with Gasteiger partial charge >= 0.3 is 0 Å². The molecule has 24 heteroatoms. The van der Waals surface area contributed by atoms with Crippen molar-refractivity contribution in [2.75, 3.05) is 49.0 Å². The van der Waals surface area contributed by atoms with Crippen molar-refractivity contribution in [3.05, 3.63) is 189 Å². The first-order chi connectivity index (χ1) is 43.3. The van der Waals surface area contributed by atoms with Crippen molar-refractivity contribution in [2.24, 2.45) is 0 Å². The number of pyridine rings is 1. The summed E-state index contributed by atoms with van der Waals surface area (Å²) in [6, 6.07) is 13.7. The maximum absolute atomic E-state index is 14.5. The molecule has 0 aliphatic carbocycles. The Bertz CT molecular complexity index is 4680. The van der Waals surface area contributed by atoms with E-state index in [0.29, 0.717) is 93.6 Å². The van der Waals surface area contributed by atoms with Gasteiger partial charge in [-0.3, -0.25) is 28.0 Å². The van der Waals surface area contributed by atoms with Crippen LogP contribution in [0.3, 0.4) is 0 Å². The van der Waals surface area contributed by atoms with Gasteiger partial charge in [0.15, 0.2) is 0 Å². The van der Waals surface area contributed by atoms with E-state index >= 15 is 0 Å². The Balaban J connectivity index is 0.000000117. The lowest BCUT2D eigenvalue weighted by atomic mass is 10.0. The van der Waals surface area contributed by atoms with E-state index in [1.165, 1.54) is 18.2 Å². The standard InChI is InChI=1S/C22H21FN6O2.C22H20FN5O.C21H21FN6O/c1-13-9-28-21(27-13)17(14-6-26-29(10-14)15-11-30-12-15)7-24-22(28)25-8-18-16-4-5-31-20(16)3-2-19(18)23;1-13-12-28-21(27-13)18(15-4-3-8-24-14(15)2)11-26-22(28)25-10-17-16-7-9-29-20(16)6-5-19(17)23;1-11-10-28-20(25-11)16(19-12(2)26-27-13(19)3)9-24-21(28)23-8-15-14-6-7-29-18(14)5-4-17(15)22/h2-3,6-7,9-10,15H,4-5,8,11-12H2,1H3,(H,24,25);3-6,8,11-12H,7,9-10H2,1-2H3,(H,25,26);4-5,9-10H,6-8H2,1-3H3,(H,23,24)(H,26,27). The van der Waals surface area contributed by atoms with Crippen molar-refractivity contribution in [2.45, 2.75) is 86.5 Å². The summed E-state index contributed by atoms with van der Waals surface area (Å²) in [7, 11) is 0. The number of halogens is 3. The van der Waals surface area contributed by atoms with E-state index in [1.54, 1.807) is 43.0 Å². The largest absolute Gasteiger partial charge is 0.493 e. The molecular weight excluding hydrogens is 1140 g/mol. The molecule has 0 bridgehead atoms. The normalized spacial score (nSPS) is 13.9. The van der Waals surface area contributed by atoms with Gasteiger partial charge in [0.05, 0.1) is 68.0 Å². The number of anilines is 3. The number of H-pyrrole nitrogens is 1. The Morgan fingerprint density at radius 2 is 0.978 bits per heavy atom. The number of hydrogen-bond donors (Lipinski definition) is 4. The highest BCUT2D eigenvalue weighted by atomic mass is 19.1. The highest BCUT2D eigenvalue weighted by Gasteiger charge is 2.26. The van der Waals surface area contributed by atoms with Crippen molar-refractivity contribution in [1.29, 1.82) is 0 Å². The van der Waals surface area contributed by atoms with E-state index in [1.807, 2.05) is 103 Å². The Morgan fingerprint density at radius 1 is 0.517 bits per heavy atom. The molecular formula is C65H62F3N17O4. The summed E-state index contributed by atoms with van der Waals surface area (Å²) in [6.07, 6.45) is 18.9. The molecule has 4 aliphatic rings. The molecule has 4 aliphatic heterocycles. The molecule has 3 aromatic carbocycles. The second kappa shape index (κ2) is 23.4. The Morgan fingerprint density at radius 3 is 1.43 bits per heavy atom. The summed E-state index contributed by atoms with van der Waals surface area (Å²) in [4.78, 5) is 32.3. The van der Waals surface area contributed by atoms with E-state index in [0.717, 1.165) is 131 Å². The van der Waals surface area contributed by atoms with Crippen LogP contribution in [0.25, 0.3) is 50.3 Å². The average molecular weight is 1200 g/mol. The number of aromatic nitrogens is 14. The second-order valence-corrected chi connectivity index (χ2v) is 22.4. The zero-order valence-electron chi connectivity index (χ0n) is 49.8. The number of ether oxygens (including phenoxy) is 4. The van der Waals surface area contributed by atoms with Crippen LogP contribution in [0.5, 0.6) is 17.2 Å². The minimum atomic E-state index is -0.237. The number of hydrogen-bond acceptors (Lipinski definition) is 16. The van der Waals surface area contributed by atoms with Crippen LogP contribution in [0, 0.1) is 59.0 Å². The quantitative estimate of drug-likeness (QED) is 0.0842. The predicted octanol–water partition coefficient (Wildman–Crippen LogP) is 11.0. The molecule has 1 fully saturated rings. The Kier molecular flexibility index (Phi) is 14.8. The molecule has 9 aromatic heterocycles. The third-order valence-electron chi connectivity index (χ3n) is 16.5.